The lowest BCUT2D eigenvalue weighted by Gasteiger charge is -2.26. The van der Waals surface area contributed by atoms with Gasteiger partial charge in [-0.05, 0) is 44.4 Å². The molecule has 2 fully saturated rings. The smallest absolute Gasteiger partial charge is 0.243 e. The van der Waals surface area contributed by atoms with Crippen LogP contribution >= 0.6 is 0 Å². The first-order chi connectivity index (χ1) is 12.3. The molecule has 1 aromatic rings. The van der Waals surface area contributed by atoms with Gasteiger partial charge in [-0.25, -0.2) is 8.42 Å². The minimum Gasteiger partial charge on any atom is -0.489 e. The fraction of sp³-hybridized carbons (Fsp3) is 0.611. The molecule has 26 heavy (non-hydrogen) atoms. The van der Waals surface area contributed by atoms with E-state index in [2.05, 4.69) is 5.32 Å². The normalized spacial score (nSPS) is 23.7. The van der Waals surface area contributed by atoms with Crippen molar-refractivity contribution in [3.8, 4) is 5.75 Å². The Bertz CT molecular complexity index is 772. The van der Waals surface area contributed by atoms with Crippen LogP contribution < -0.4 is 10.1 Å². The van der Waals surface area contributed by atoms with Gasteiger partial charge < -0.3 is 14.8 Å². The fourth-order valence-corrected chi connectivity index (χ4v) is 4.41. The molecule has 2 aliphatic rings. The van der Waals surface area contributed by atoms with Crippen LogP contribution in [0.15, 0.2) is 23.1 Å². The molecular formula is C18H26N2O5S. The summed E-state index contributed by atoms with van der Waals surface area (Å²) in [5.74, 6) is 0.737. The molecule has 1 aliphatic carbocycles. The van der Waals surface area contributed by atoms with Gasteiger partial charge in [0.2, 0.25) is 15.9 Å². The van der Waals surface area contributed by atoms with E-state index in [0.717, 1.165) is 6.42 Å². The summed E-state index contributed by atoms with van der Waals surface area (Å²) in [7, 11) is -3.63. The Morgan fingerprint density at radius 3 is 2.54 bits per heavy atom. The van der Waals surface area contributed by atoms with Crippen molar-refractivity contribution in [1.29, 1.82) is 0 Å². The van der Waals surface area contributed by atoms with Crippen LogP contribution in [-0.2, 0) is 19.6 Å². The Kier molecular flexibility index (Phi) is 5.55. The predicted molar refractivity (Wildman–Crippen MR) is 97.7 cm³/mol. The molecule has 1 aromatic carbocycles. The van der Waals surface area contributed by atoms with Crippen LogP contribution in [0.25, 0.3) is 0 Å². The third kappa shape index (κ3) is 4.19. The average molecular weight is 382 g/mol. The standard InChI is InChI=1S/C18H26N2O5S/c1-12(2)25-17-5-4-14(26(22,23)20-6-8-24-9-7-20)11-16(17)19-18(21)15-10-13(15)3/h4-5,11-13,15H,6-10H2,1-3H3,(H,19,21). The van der Waals surface area contributed by atoms with E-state index in [4.69, 9.17) is 9.47 Å². The van der Waals surface area contributed by atoms with E-state index in [-0.39, 0.29) is 22.8 Å². The third-order valence-corrected chi connectivity index (χ3v) is 6.52. The summed E-state index contributed by atoms with van der Waals surface area (Å²) in [5, 5.41) is 2.85. The molecule has 8 heteroatoms. The summed E-state index contributed by atoms with van der Waals surface area (Å²) in [4.78, 5) is 12.5. The van der Waals surface area contributed by atoms with E-state index in [1.165, 1.54) is 16.4 Å². The second-order valence-corrected chi connectivity index (χ2v) is 9.09. The molecule has 2 unspecified atom stereocenters. The second-order valence-electron chi connectivity index (χ2n) is 7.15. The van der Waals surface area contributed by atoms with Crippen LogP contribution in [0.1, 0.15) is 27.2 Å². The maximum absolute atomic E-state index is 12.9. The minimum atomic E-state index is -3.63. The number of carbonyl (C=O) groups excluding carboxylic acids is 1. The van der Waals surface area contributed by atoms with Gasteiger partial charge >= 0.3 is 0 Å². The van der Waals surface area contributed by atoms with Crippen molar-refractivity contribution in [1.82, 2.24) is 4.31 Å². The topological polar surface area (TPSA) is 84.9 Å². The van der Waals surface area contributed by atoms with Gasteiger partial charge in [0, 0.05) is 19.0 Å². The summed E-state index contributed by atoms with van der Waals surface area (Å²) in [6.45, 7) is 7.21. The summed E-state index contributed by atoms with van der Waals surface area (Å²) in [6.07, 6.45) is 0.769. The van der Waals surface area contributed by atoms with E-state index >= 15 is 0 Å². The van der Waals surface area contributed by atoms with Crippen molar-refractivity contribution < 1.29 is 22.7 Å². The van der Waals surface area contributed by atoms with Crippen LogP contribution in [0.4, 0.5) is 5.69 Å². The molecule has 0 aromatic heterocycles. The number of anilines is 1. The van der Waals surface area contributed by atoms with Crippen molar-refractivity contribution in [2.24, 2.45) is 11.8 Å². The zero-order valence-electron chi connectivity index (χ0n) is 15.4. The highest BCUT2D eigenvalue weighted by Gasteiger charge is 2.39. The first kappa shape index (κ1) is 19.1. The molecule has 1 saturated heterocycles. The van der Waals surface area contributed by atoms with E-state index in [1.54, 1.807) is 6.07 Å². The first-order valence-electron chi connectivity index (χ1n) is 8.98. The largest absolute Gasteiger partial charge is 0.489 e. The zero-order chi connectivity index (χ0) is 18.9. The van der Waals surface area contributed by atoms with Crippen LogP contribution in [-0.4, -0.2) is 51.0 Å². The number of carbonyl (C=O) groups is 1. The number of hydrogen-bond donors (Lipinski definition) is 1. The SMILES string of the molecule is CC(C)Oc1ccc(S(=O)(=O)N2CCOCC2)cc1NC(=O)C1CC1C. The van der Waals surface area contributed by atoms with E-state index in [9.17, 15) is 13.2 Å². The van der Waals surface area contributed by atoms with Gasteiger partial charge in [-0.1, -0.05) is 6.92 Å². The van der Waals surface area contributed by atoms with Crippen LogP contribution in [0.3, 0.4) is 0 Å². The van der Waals surface area contributed by atoms with Gasteiger partial charge in [0.05, 0.1) is 29.9 Å². The third-order valence-electron chi connectivity index (χ3n) is 4.63. The monoisotopic (exact) mass is 382 g/mol. The minimum absolute atomic E-state index is 0.0126. The van der Waals surface area contributed by atoms with Crippen molar-refractivity contribution in [3.63, 3.8) is 0 Å². The number of hydrogen-bond acceptors (Lipinski definition) is 5. The number of amides is 1. The van der Waals surface area contributed by atoms with E-state index in [1.807, 2.05) is 20.8 Å². The fourth-order valence-electron chi connectivity index (χ4n) is 2.97. The maximum atomic E-state index is 12.9. The van der Waals surface area contributed by atoms with Crippen LogP contribution in [0.5, 0.6) is 5.75 Å². The van der Waals surface area contributed by atoms with Gasteiger partial charge in [-0.2, -0.15) is 4.31 Å². The molecule has 144 valence electrons. The lowest BCUT2D eigenvalue weighted by molar-refractivity contribution is -0.117. The molecule has 0 spiro atoms. The molecule has 1 N–H and O–H groups in total. The summed E-state index contributed by atoms with van der Waals surface area (Å²) in [6, 6.07) is 4.63. The van der Waals surface area contributed by atoms with Gasteiger partial charge in [-0.3, -0.25) is 4.79 Å². The lowest BCUT2D eigenvalue weighted by Crippen LogP contribution is -2.40. The second kappa shape index (κ2) is 7.54. The molecular weight excluding hydrogens is 356 g/mol. The molecule has 7 nitrogen and oxygen atoms in total. The van der Waals surface area contributed by atoms with Gasteiger partial charge in [0.25, 0.3) is 0 Å². The number of morpholine rings is 1. The molecule has 2 atom stereocenters. The highest BCUT2D eigenvalue weighted by molar-refractivity contribution is 7.89. The number of nitrogens with one attached hydrogen (secondary N) is 1. The Morgan fingerprint density at radius 2 is 1.96 bits per heavy atom. The Hall–Kier alpha value is -1.64. The average Bonchev–Trinajstić information content (AvgIpc) is 3.33. The molecule has 1 aliphatic heterocycles. The van der Waals surface area contributed by atoms with Crippen LogP contribution in [0, 0.1) is 11.8 Å². The first-order valence-corrected chi connectivity index (χ1v) is 10.4. The number of rotatable bonds is 6. The molecule has 0 bridgehead atoms. The van der Waals surface area contributed by atoms with E-state index < -0.39 is 10.0 Å². The van der Waals surface area contributed by atoms with Crippen LogP contribution in [0.2, 0.25) is 0 Å². The number of ether oxygens (including phenoxy) is 2. The molecule has 3 rings (SSSR count). The van der Waals surface area contributed by atoms with Gasteiger partial charge in [-0.15, -0.1) is 0 Å². The van der Waals surface area contributed by atoms with Crippen molar-refractivity contribution >= 4 is 21.6 Å². The van der Waals surface area contributed by atoms with Gasteiger partial charge in [0.1, 0.15) is 5.75 Å². The highest BCUT2D eigenvalue weighted by Crippen LogP contribution is 2.39. The highest BCUT2D eigenvalue weighted by atomic mass is 32.2. The Labute approximate surface area is 154 Å². The Balaban J connectivity index is 1.89. The molecule has 1 saturated carbocycles. The number of benzene rings is 1. The molecule has 1 amide bonds. The van der Waals surface area contributed by atoms with Crippen molar-refractivity contribution in [2.75, 3.05) is 31.6 Å². The zero-order valence-corrected chi connectivity index (χ0v) is 16.2. The quantitative estimate of drug-likeness (QED) is 0.814. The van der Waals surface area contributed by atoms with Crippen molar-refractivity contribution in [3.05, 3.63) is 18.2 Å². The summed E-state index contributed by atoms with van der Waals surface area (Å²) in [5.41, 5.74) is 0.400. The molecule has 0 radical (unpaired) electrons. The van der Waals surface area contributed by atoms with Gasteiger partial charge in [0.15, 0.2) is 0 Å². The maximum Gasteiger partial charge on any atom is 0.243 e. The molecule has 1 heterocycles. The summed E-state index contributed by atoms with van der Waals surface area (Å²) < 4.78 is 38.1. The number of sulfonamides is 1. The lowest BCUT2D eigenvalue weighted by atomic mass is 10.2. The van der Waals surface area contributed by atoms with E-state index in [0.29, 0.717) is 43.7 Å². The Morgan fingerprint density at radius 1 is 1.31 bits per heavy atom. The number of nitrogens with zero attached hydrogens (tertiary/aromatic N) is 1. The summed E-state index contributed by atoms with van der Waals surface area (Å²) >= 11 is 0. The van der Waals surface area contributed by atoms with Crippen molar-refractivity contribution in [2.45, 2.75) is 38.2 Å². The predicted octanol–water partition coefficient (Wildman–Crippen LogP) is 2.09.